The summed E-state index contributed by atoms with van der Waals surface area (Å²) in [6.07, 6.45) is 5.30. The maximum atomic E-state index is 5.65. The van der Waals surface area contributed by atoms with Gasteiger partial charge < -0.3 is 15.5 Å². The van der Waals surface area contributed by atoms with E-state index in [2.05, 4.69) is 20.7 Å². The van der Waals surface area contributed by atoms with E-state index in [1.807, 2.05) is 6.92 Å². The zero-order valence-corrected chi connectivity index (χ0v) is 10.1. The molecule has 6 heteroatoms. The molecule has 2 heterocycles. The summed E-state index contributed by atoms with van der Waals surface area (Å²) >= 11 is 0. The second kappa shape index (κ2) is 5.79. The molecule has 0 saturated carbocycles. The van der Waals surface area contributed by atoms with Gasteiger partial charge in [-0.05, 0) is 26.2 Å². The first-order valence-corrected chi connectivity index (χ1v) is 5.95. The van der Waals surface area contributed by atoms with E-state index >= 15 is 0 Å². The first-order chi connectivity index (χ1) is 8.31. The Morgan fingerprint density at radius 2 is 2.24 bits per heavy atom. The van der Waals surface area contributed by atoms with E-state index in [-0.39, 0.29) is 6.10 Å². The molecule has 0 bridgehead atoms. The molecule has 0 amide bonds. The fraction of sp³-hybridized carbons (Fsp3) is 0.636. The smallest absolute Gasteiger partial charge is 0.148 e. The highest BCUT2D eigenvalue weighted by atomic mass is 16.5. The first-order valence-electron chi connectivity index (χ1n) is 5.95. The average Bonchev–Trinajstić information content (AvgIpc) is 2.39. The number of anilines is 2. The minimum atomic E-state index is 0.285. The molecule has 1 saturated heterocycles. The standard InChI is InChI=1S/C11H19N5O/c1-8-10(14-7-15-11(8)16-12)13-6-9-4-2-3-5-17-9/h7,9H,2-6,12H2,1H3,(H2,13,14,15,16). The third kappa shape index (κ3) is 3.04. The average molecular weight is 237 g/mol. The topological polar surface area (TPSA) is 85.1 Å². The Balaban J connectivity index is 1.93. The van der Waals surface area contributed by atoms with Crippen LogP contribution in [0.2, 0.25) is 0 Å². The van der Waals surface area contributed by atoms with E-state index < -0.39 is 0 Å². The van der Waals surface area contributed by atoms with Crippen LogP contribution in [0.5, 0.6) is 0 Å². The third-order valence-electron chi connectivity index (χ3n) is 2.99. The molecule has 0 aromatic carbocycles. The Hall–Kier alpha value is -1.40. The Bertz CT molecular complexity index is 365. The molecule has 0 spiro atoms. The molecule has 94 valence electrons. The summed E-state index contributed by atoms with van der Waals surface area (Å²) in [6.45, 7) is 3.58. The highest BCUT2D eigenvalue weighted by Crippen LogP contribution is 2.18. The van der Waals surface area contributed by atoms with E-state index in [9.17, 15) is 0 Å². The molecule has 4 N–H and O–H groups in total. The van der Waals surface area contributed by atoms with Gasteiger partial charge in [0.05, 0.1) is 6.10 Å². The van der Waals surface area contributed by atoms with Crippen LogP contribution in [0.3, 0.4) is 0 Å². The number of nitrogens with zero attached hydrogens (tertiary/aromatic N) is 2. The van der Waals surface area contributed by atoms with Crippen LogP contribution in [-0.2, 0) is 4.74 Å². The summed E-state index contributed by atoms with van der Waals surface area (Å²) in [6, 6.07) is 0. The summed E-state index contributed by atoms with van der Waals surface area (Å²) in [5, 5.41) is 3.29. The van der Waals surface area contributed by atoms with Crippen LogP contribution < -0.4 is 16.6 Å². The lowest BCUT2D eigenvalue weighted by atomic mass is 10.1. The third-order valence-corrected chi connectivity index (χ3v) is 2.99. The molecule has 2 rings (SSSR count). The molecule has 6 nitrogen and oxygen atoms in total. The molecule has 1 aliphatic heterocycles. The predicted molar refractivity (Wildman–Crippen MR) is 66.7 cm³/mol. The maximum absolute atomic E-state index is 5.65. The Kier molecular flexibility index (Phi) is 4.11. The highest BCUT2D eigenvalue weighted by molar-refractivity contribution is 5.55. The van der Waals surface area contributed by atoms with Gasteiger partial charge in [-0.3, -0.25) is 0 Å². The van der Waals surface area contributed by atoms with E-state index in [1.165, 1.54) is 19.2 Å². The molecule has 1 aliphatic rings. The van der Waals surface area contributed by atoms with Crippen LogP contribution in [0.1, 0.15) is 24.8 Å². The van der Waals surface area contributed by atoms with Crippen molar-refractivity contribution in [3.63, 3.8) is 0 Å². The number of aromatic nitrogens is 2. The zero-order chi connectivity index (χ0) is 12.1. The van der Waals surface area contributed by atoms with E-state index in [1.54, 1.807) is 0 Å². The van der Waals surface area contributed by atoms with Gasteiger partial charge >= 0.3 is 0 Å². The van der Waals surface area contributed by atoms with Gasteiger partial charge in [-0.2, -0.15) is 0 Å². The molecule has 0 aliphatic carbocycles. The minimum Gasteiger partial charge on any atom is -0.376 e. The lowest BCUT2D eigenvalue weighted by molar-refractivity contribution is 0.0247. The SMILES string of the molecule is Cc1c(NN)ncnc1NCC1CCCCO1. The van der Waals surface area contributed by atoms with Crippen molar-refractivity contribution in [2.24, 2.45) is 5.84 Å². The van der Waals surface area contributed by atoms with Gasteiger partial charge in [0.25, 0.3) is 0 Å². The number of hydrogen-bond acceptors (Lipinski definition) is 6. The van der Waals surface area contributed by atoms with Crippen molar-refractivity contribution in [1.82, 2.24) is 9.97 Å². The molecular weight excluding hydrogens is 218 g/mol. The van der Waals surface area contributed by atoms with Crippen LogP contribution in [0.4, 0.5) is 11.6 Å². The van der Waals surface area contributed by atoms with E-state index in [4.69, 9.17) is 10.6 Å². The van der Waals surface area contributed by atoms with Crippen molar-refractivity contribution in [3.05, 3.63) is 11.9 Å². The fourth-order valence-electron chi connectivity index (χ4n) is 1.95. The van der Waals surface area contributed by atoms with Crippen molar-refractivity contribution >= 4 is 11.6 Å². The van der Waals surface area contributed by atoms with Crippen LogP contribution in [0, 0.1) is 6.92 Å². The largest absolute Gasteiger partial charge is 0.376 e. The number of hydrazine groups is 1. The predicted octanol–water partition coefficient (Wildman–Crippen LogP) is 1.05. The normalized spacial score (nSPS) is 20.0. The molecule has 1 unspecified atom stereocenters. The quantitative estimate of drug-likeness (QED) is 0.536. The fourth-order valence-corrected chi connectivity index (χ4v) is 1.95. The first kappa shape index (κ1) is 12.1. The second-order valence-electron chi connectivity index (χ2n) is 4.21. The van der Waals surface area contributed by atoms with Crippen molar-refractivity contribution in [2.75, 3.05) is 23.9 Å². The lowest BCUT2D eigenvalue weighted by Crippen LogP contribution is -2.27. The van der Waals surface area contributed by atoms with Crippen molar-refractivity contribution in [3.8, 4) is 0 Å². The van der Waals surface area contributed by atoms with E-state index in [0.29, 0.717) is 5.82 Å². The summed E-state index contributed by atoms with van der Waals surface area (Å²) in [7, 11) is 0. The highest BCUT2D eigenvalue weighted by Gasteiger charge is 2.14. The monoisotopic (exact) mass is 237 g/mol. The number of ether oxygens (including phenoxy) is 1. The Morgan fingerprint density at radius 3 is 2.94 bits per heavy atom. The van der Waals surface area contributed by atoms with Gasteiger partial charge in [-0.25, -0.2) is 15.8 Å². The van der Waals surface area contributed by atoms with Crippen molar-refractivity contribution in [1.29, 1.82) is 0 Å². The Morgan fingerprint density at radius 1 is 1.41 bits per heavy atom. The van der Waals surface area contributed by atoms with Gasteiger partial charge in [0.15, 0.2) is 0 Å². The van der Waals surface area contributed by atoms with Gasteiger partial charge in [0, 0.05) is 18.7 Å². The van der Waals surface area contributed by atoms with E-state index in [0.717, 1.165) is 31.0 Å². The molecule has 0 radical (unpaired) electrons. The molecule has 1 aromatic heterocycles. The summed E-state index contributed by atoms with van der Waals surface area (Å²) in [5.41, 5.74) is 3.47. The zero-order valence-electron chi connectivity index (χ0n) is 10.1. The number of nitrogen functional groups attached to an aromatic ring is 1. The molecule has 1 aromatic rings. The number of rotatable bonds is 4. The van der Waals surface area contributed by atoms with Crippen LogP contribution >= 0.6 is 0 Å². The number of hydrogen-bond donors (Lipinski definition) is 3. The minimum absolute atomic E-state index is 0.285. The van der Waals surface area contributed by atoms with Gasteiger partial charge in [0.2, 0.25) is 0 Å². The van der Waals surface area contributed by atoms with Crippen molar-refractivity contribution < 1.29 is 4.74 Å². The Labute approximate surface area is 101 Å². The molecular formula is C11H19N5O. The summed E-state index contributed by atoms with van der Waals surface area (Å²) in [4.78, 5) is 8.23. The van der Waals surface area contributed by atoms with Crippen LogP contribution in [0.25, 0.3) is 0 Å². The number of nitrogens with two attached hydrogens (primary N) is 1. The molecule has 1 fully saturated rings. The van der Waals surface area contributed by atoms with Gasteiger partial charge in [-0.1, -0.05) is 0 Å². The van der Waals surface area contributed by atoms with Crippen molar-refractivity contribution in [2.45, 2.75) is 32.3 Å². The molecule has 17 heavy (non-hydrogen) atoms. The summed E-state index contributed by atoms with van der Waals surface area (Å²) < 4.78 is 5.65. The van der Waals surface area contributed by atoms with Crippen LogP contribution in [0.15, 0.2) is 6.33 Å². The second-order valence-corrected chi connectivity index (χ2v) is 4.21. The van der Waals surface area contributed by atoms with Crippen LogP contribution in [-0.4, -0.2) is 29.2 Å². The lowest BCUT2D eigenvalue weighted by Gasteiger charge is -2.23. The molecule has 1 atom stereocenters. The van der Waals surface area contributed by atoms with Gasteiger partial charge in [-0.15, -0.1) is 0 Å². The van der Waals surface area contributed by atoms with Gasteiger partial charge in [0.1, 0.15) is 18.0 Å². The number of nitrogens with one attached hydrogen (secondary N) is 2. The maximum Gasteiger partial charge on any atom is 0.148 e. The summed E-state index contributed by atoms with van der Waals surface area (Å²) in [5.74, 6) is 6.82.